The molecule has 0 spiro atoms. The van der Waals surface area contributed by atoms with Gasteiger partial charge < -0.3 is 5.32 Å². The van der Waals surface area contributed by atoms with Gasteiger partial charge in [0.25, 0.3) is 0 Å². The summed E-state index contributed by atoms with van der Waals surface area (Å²) in [6.07, 6.45) is 4.03. The first-order valence-corrected chi connectivity index (χ1v) is 4.66. The maximum absolute atomic E-state index is 4.01. The first-order valence-electron chi connectivity index (χ1n) is 4.66. The van der Waals surface area contributed by atoms with E-state index in [-0.39, 0.29) is 0 Å². The maximum atomic E-state index is 4.01. The Bertz CT molecular complexity index is 136. The van der Waals surface area contributed by atoms with Gasteiger partial charge in [0.15, 0.2) is 0 Å². The van der Waals surface area contributed by atoms with Crippen LogP contribution >= 0.6 is 0 Å². The summed E-state index contributed by atoms with van der Waals surface area (Å²) in [5.74, 6) is 1.59. The number of hydrogen-bond acceptors (Lipinski definition) is 1. The van der Waals surface area contributed by atoms with Crippen LogP contribution in [0.15, 0.2) is 12.3 Å². The van der Waals surface area contributed by atoms with Crippen molar-refractivity contribution in [1.29, 1.82) is 0 Å². The lowest BCUT2D eigenvalue weighted by molar-refractivity contribution is 0.576. The van der Waals surface area contributed by atoms with Crippen LogP contribution in [0.5, 0.6) is 0 Å². The minimum Gasteiger partial charge on any atom is -0.388 e. The van der Waals surface area contributed by atoms with Gasteiger partial charge in [0.05, 0.1) is 0 Å². The zero-order chi connectivity index (χ0) is 8.27. The van der Waals surface area contributed by atoms with Crippen LogP contribution in [-0.4, -0.2) is 6.54 Å². The number of allylic oxidation sites excluding steroid dienone is 1. The molecule has 1 aliphatic carbocycles. The van der Waals surface area contributed by atoms with E-state index in [4.69, 9.17) is 0 Å². The van der Waals surface area contributed by atoms with Gasteiger partial charge in [-0.25, -0.2) is 0 Å². The van der Waals surface area contributed by atoms with Crippen LogP contribution in [0.25, 0.3) is 0 Å². The number of nitrogens with one attached hydrogen (secondary N) is 1. The van der Waals surface area contributed by atoms with Crippen LogP contribution in [-0.2, 0) is 0 Å². The summed E-state index contributed by atoms with van der Waals surface area (Å²) in [4.78, 5) is 0. The van der Waals surface area contributed by atoms with E-state index in [0.717, 1.165) is 12.5 Å². The Morgan fingerprint density at radius 2 is 2.27 bits per heavy atom. The highest BCUT2D eigenvalue weighted by Crippen LogP contribution is 2.28. The first kappa shape index (κ1) is 8.63. The van der Waals surface area contributed by atoms with Crippen molar-refractivity contribution in [2.75, 3.05) is 6.54 Å². The molecule has 0 aromatic heterocycles. The average molecular weight is 153 g/mol. The third-order valence-electron chi connectivity index (χ3n) is 2.52. The monoisotopic (exact) mass is 153 g/mol. The third kappa shape index (κ3) is 2.96. The second-order valence-corrected chi connectivity index (χ2v) is 3.66. The second kappa shape index (κ2) is 3.80. The van der Waals surface area contributed by atoms with E-state index in [2.05, 4.69) is 25.7 Å². The van der Waals surface area contributed by atoms with Gasteiger partial charge in [0.1, 0.15) is 0 Å². The zero-order valence-corrected chi connectivity index (χ0v) is 7.69. The van der Waals surface area contributed by atoms with Crippen molar-refractivity contribution in [3.63, 3.8) is 0 Å². The summed E-state index contributed by atoms with van der Waals surface area (Å²) < 4.78 is 0. The summed E-state index contributed by atoms with van der Waals surface area (Å²) in [5, 5.41) is 3.40. The molecule has 1 aliphatic rings. The summed E-state index contributed by atoms with van der Waals surface area (Å²) in [6, 6.07) is 0. The van der Waals surface area contributed by atoms with Crippen molar-refractivity contribution >= 4 is 0 Å². The van der Waals surface area contributed by atoms with Gasteiger partial charge in [-0.1, -0.05) is 20.4 Å². The summed E-state index contributed by atoms with van der Waals surface area (Å²) in [6.45, 7) is 9.60. The Balaban J connectivity index is 2.08. The quantitative estimate of drug-likeness (QED) is 0.640. The largest absolute Gasteiger partial charge is 0.388 e. The minimum absolute atomic E-state index is 0.633. The smallest absolute Gasteiger partial charge is 0.0172 e. The Morgan fingerprint density at radius 3 is 2.73 bits per heavy atom. The molecule has 0 aromatic rings. The van der Waals surface area contributed by atoms with Crippen molar-refractivity contribution in [3.05, 3.63) is 12.3 Å². The molecular formula is C10H19N. The average Bonchev–Trinajstić information content (AvgIpc) is 2.81. The predicted octanol–water partition coefficient (Wildman–Crippen LogP) is 2.55. The highest BCUT2D eigenvalue weighted by molar-refractivity contribution is 4.97. The standard InChI is InChI=1S/C10H19N/c1-4-8(2)9(3)11-7-10-5-6-10/h8,10-11H,3-7H2,1-2H3. The Morgan fingerprint density at radius 1 is 1.64 bits per heavy atom. The van der Waals surface area contributed by atoms with E-state index < -0.39 is 0 Å². The normalized spacial score (nSPS) is 19.5. The minimum atomic E-state index is 0.633. The summed E-state index contributed by atoms with van der Waals surface area (Å²) in [7, 11) is 0. The van der Waals surface area contributed by atoms with Crippen molar-refractivity contribution in [3.8, 4) is 0 Å². The molecule has 1 atom stereocenters. The third-order valence-corrected chi connectivity index (χ3v) is 2.52. The Labute approximate surface area is 69.9 Å². The van der Waals surface area contributed by atoms with Crippen molar-refractivity contribution in [1.82, 2.24) is 5.32 Å². The number of hydrogen-bond donors (Lipinski definition) is 1. The highest BCUT2D eigenvalue weighted by Gasteiger charge is 2.20. The molecule has 1 N–H and O–H groups in total. The maximum Gasteiger partial charge on any atom is 0.0172 e. The fourth-order valence-corrected chi connectivity index (χ4v) is 1.02. The van der Waals surface area contributed by atoms with Gasteiger partial charge in [-0.2, -0.15) is 0 Å². The Kier molecular flexibility index (Phi) is 2.98. The SMILES string of the molecule is C=C(NCC1CC1)C(C)CC. The van der Waals surface area contributed by atoms with E-state index in [1.54, 1.807) is 0 Å². The van der Waals surface area contributed by atoms with Gasteiger partial charge in [0, 0.05) is 12.2 Å². The van der Waals surface area contributed by atoms with Gasteiger partial charge in [-0.3, -0.25) is 0 Å². The number of rotatable bonds is 5. The van der Waals surface area contributed by atoms with Crippen LogP contribution < -0.4 is 5.32 Å². The molecule has 1 rings (SSSR count). The Hall–Kier alpha value is -0.460. The second-order valence-electron chi connectivity index (χ2n) is 3.66. The van der Waals surface area contributed by atoms with Gasteiger partial charge in [-0.05, 0) is 31.1 Å². The molecule has 0 amide bonds. The van der Waals surface area contributed by atoms with E-state index >= 15 is 0 Å². The molecule has 0 saturated heterocycles. The summed E-state index contributed by atoms with van der Waals surface area (Å²) in [5.41, 5.74) is 1.22. The molecule has 64 valence electrons. The molecule has 0 radical (unpaired) electrons. The molecule has 0 heterocycles. The highest BCUT2D eigenvalue weighted by atomic mass is 14.9. The van der Waals surface area contributed by atoms with E-state index in [1.165, 1.54) is 25.0 Å². The van der Waals surface area contributed by atoms with Crippen LogP contribution in [0.2, 0.25) is 0 Å². The summed E-state index contributed by atoms with van der Waals surface area (Å²) >= 11 is 0. The molecule has 1 fully saturated rings. The fourth-order valence-electron chi connectivity index (χ4n) is 1.02. The van der Waals surface area contributed by atoms with E-state index in [9.17, 15) is 0 Å². The molecule has 1 nitrogen and oxygen atoms in total. The van der Waals surface area contributed by atoms with Crippen molar-refractivity contribution < 1.29 is 0 Å². The predicted molar refractivity (Wildman–Crippen MR) is 49.3 cm³/mol. The van der Waals surface area contributed by atoms with Crippen LogP contribution in [0.1, 0.15) is 33.1 Å². The lowest BCUT2D eigenvalue weighted by Gasteiger charge is -2.14. The molecule has 1 heteroatoms. The van der Waals surface area contributed by atoms with Crippen molar-refractivity contribution in [2.24, 2.45) is 11.8 Å². The molecule has 0 aliphatic heterocycles. The van der Waals surface area contributed by atoms with Crippen LogP contribution in [0.3, 0.4) is 0 Å². The molecule has 1 saturated carbocycles. The lowest BCUT2D eigenvalue weighted by atomic mass is 10.1. The molecule has 11 heavy (non-hydrogen) atoms. The van der Waals surface area contributed by atoms with Crippen LogP contribution in [0.4, 0.5) is 0 Å². The molecule has 0 aromatic carbocycles. The van der Waals surface area contributed by atoms with E-state index in [0.29, 0.717) is 5.92 Å². The van der Waals surface area contributed by atoms with Gasteiger partial charge >= 0.3 is 0 Å². The lowest BCUT2D eigenvalue weighted by Crippen LogP contribution is -2.19. The first-order chi connectivity index (χ1) is 5.24. The van der Waals surface area contributed by atoms with Crippen molar-refractivity contribution in [2.45, 2.75) is 33.1 Å². The van der Waals surface area contributed by atoms with E-state index in [1.807, 2.05) is 0 Å². The molecule has 0 bridgehead atoms. The topological polar surface area (TPSA) is 12.0 Å². The molecule has 1 unspecified atom stereocenters. The fraction of sp³-hybridized carbons (Fsp3) is 0.800. The zero-order valence-electron chi connectivity index (χ0n) is 7.69. The van der Waals surface area contributed by atoms with Gasteiger partial charge in [-0.15, -0.1) is 0 Å². The molecular weight excluding hydrogens is 134 g/mol. The van der Waals surface area contributed by atoms with Gasteiger partial charge in [0.2, 0.25) is 0 Å². The van der Waals surface area contributed by atoms with Crippen LogP contribution in [0, 0.1) is 11.8 Å².